The minimum atomic E-state index is -0.655. The number of carbonyl (C=O) groups excluding carboxylic acids is 3. The molecule has 2 fully saturated rings. The Bertz CT molecular complexity index is 1160. The second-order valence-electron chi connectivity index (χ2n) is 14.9. The molecule has 2 saturated carbocycles. The molecule has 4 rings (SSSR count). The molecule has 0 unspecified atom stereocenters. The molecule has 0 spiro atoms. The summed E-state index contributed by atoms with van der Waals surface area (Å²) in [6, 6.07) is 2.17. The Morgan fingerprint density at radius 2 is 1.63 bits per heavy atom. The summed E-state index contributed by atoms with van der Waals surface area (Å²) in [4.78, 5) is 39.2. The van der Waals surface area contributed by atoms with Crippen LogP contribution in [0.2, 0.25) is 0 Å². The lowest BCUT2D eigenvalue weighted by molar-refractivity contribution is -0.138. The zero-order valence-corrected chi connectivity index (χ0v) is 24.7. The molecule has 0 aliphatic heterocycles. The van der Waals surface area contributed by atoms with E-state index in [1.54, 1.807) is 0 Å². The molecule has 0 aromatic rings. The van der Waals surface area contributed by atoms with Crippen LogP contribution in [0.4, 0.5) is 0 Å². The fourth-order valence-electron chi connectivity index (χ4n) is 8.97. The van der Waals surface area contributed by atoms with Crippen molar-refractivity contribution in [2.24, 2.45) is 50.2 Å². The van der Waals surface area contributed by atoms with Crippen molar-refractivity contribution in [2.75, 3.05) is 0 Å². The van der Waals surface area contributed by atoms with E-state index in [9.17, 15) is 19.6 Å². The van der Waals surface area contributed by atoms with Crippen molar-refractivity contribution in [3.05, 3.63) is 23.3 Å². The number of carbonyl (C=O) groups is 3. The number of ketones is 2. The van der Waals surface area contributed by atoms with Crippen LogP contribution in [-0.4, -0.2) is 17.5 Å². The van der Waals surface area contributed by atoms with Crippen LogP contribution in [0, 0.1) is 55.7 Å². The van der Waals surface area contributed by atoms with E-state index in [0.29, 0.717) is 0 Å². The number of allylic oxidation sites excluding steroid dienone is 4. The summed E-state index contributed by atoms with van der Waals surface area (Å²) >= 11 is 0. The van der Waals surface area contributed by atoms with Crippen molar-refractivity contribution in [3.8, 4) is 6.07 Å². The van der Waals surface area contributed by atoms with Gasteiger partial charge in [0.05, 0.1) is 5.57 Å². The molecule has 4 aliphatic carbocycles. The van der Waals surface area contributed by atoms with Crippen LogP contribution in [0.15, 0.2) is 23.3 Å². The molecule has 0 aromatic heterocycles. The summed E-state index contributed by atoms with van der Waals surface area (Å²) in [7, 11) is 0. The van der Waals surface area contributed by atoms with Crippen molar-refractivity contribution in [1.29, 1.82) is 5.26 Å². The zero-order valence-electron chi connectivity index (χ0n) is 24.7. The van der Waals surface area contributed by atoms with Crippen molar-refractivity contribution in [1.82, 2.24) is 5.43 Å². The first-order chi connectivity index (χ1) is 17.4. The van der Waals surface area contributed by atoms with Crippen molar-refractivity contribution < 1.29 is 14.4 Å². The normalized spacial score (nSPS) is 44.2. The van der Waals surface area contributed by atoms with Crippen molar-refractivity contribution in [2.45, 2.75) is 107 Å². The number of rotatable bonds is 4. The van der Waals surface area contributed by atoms with Crippen LogP contribution in [0.5, 0.6) is 0 Å². The van der Waals surface area contributed by atoms with Crippen molar-refractivity contribution >= 4 is 17.5 Å². The van der Waals surface area contributed by atoms with Gasteiger partial charge in [-0.25, -0.2) is 5.84 Å². The van der Waals surface area contributed by atoms with E-state index in [1.165, 1.54) is 0 Å². The Hall–Kier alpha value is -2.26. The van der Waals surface area contributed by atoms with E-state index < -0.39 is 16.2 Å². The number of nitrogens with zero attached hydrogens (tertiary/aromatic N) is 1. The molecule has 0 bridgehead atoms. The van der Waals surface area contributed by atoms with Crippen molar-refractivity contribution in [3.63, 3.8) is 0 Å². The van der Waals surface area contributed by atoms with E-state index in [4.69, 9.17) is 5.84 Å². The van der Waals surface area contributed by atoms with E-state index in [2.05, 4.69) is 46.1 Å². The third-order valence-electron chi connectivity index (χ3n) is 12.5. The monoisotopic (exact) mass is 521 g/mol. The molecule has 0 heterocycles. The number of nitrogens with two attached hydrogens (primary N) is 1. The van der Waals surface area contributed by atoms with Gasteiger partial charge in [0.1, 0.15) is 6.07 Å². The van der Waals surface area contributed by atoms with Gasteiger partial charge in [-0.05, 0) is 79.6 Å². The number of hydrazine groups is 1. The highest BCUT2D eigenvalue weighted by molar-refractivity contribution is 6.04. The molecule has 3 N–H and O–H groups in total. The summed E-state index contributed by atoms with van der Waals surface area (Å²) in [5.41, 5.74) is 1.72. The first kappa shape index (κ1) is 28.7. The second kappa shape index (κ2) is 8.88. The largest absolute Gasteiger partial charge is 0.295 e. The van der Waals surface area contributed by atoms with Gasteiger partial charge in [-0.15, -0.1) is 0 Å². The third kappa shape index (κ3) is 3.86. The minimum Gasteiger partial charge on any atom is -0.295 e. The van der Waals surface area contributed by atoms with E-state index >= 15 is 0 Å². The molecular weight excluding hydrogens is 474 g/mol. The number of nitriles is 1. The Balaban J connectivity index is 1.68. The van der Waals surface area contributed by atoms with Gasteiger partial charge in [0.2, 0.25) is 5.91 Å². The summed E-state index contributed by atoms with van der Waals surface area (Å²) in [5.74, 6) is 5.39. The molecule has 38 heavy (non-hydrogen) atoms. The molecule has 0 radical (unpaired) electrons. The third-order valence-corrected chi connectivity index (χ3v) is 12.5. The van der Waals surface area contributed by atoms with Gasteiger partial charge in [-0.1, -0.05) is 67.0 Å². The molecule has 5 atom stereocenters. The molecular formula is C32H47N3O3. The minimum absolute atomic E-state index is 0.0478. The van der Waals surface area contributed by atoms with Crippen LogP contribution >= 0.6 is 0 Å². The summed E-state index contributed by atoms with van der Waals surface area (Å²) in [6.07, 6.45) is 11.0. The van der Waals surface area contributed by atoms with Gasteiger partial charge in [0, 0.05) is 22.2 Å². The molecule has 4 aliphatic rings. The maximum Gasteiger partial charge on any atom is 0.239 e. The van der Waals surface area contributed by atoms with Crippen LogP contribution in [0.25, 0.3) is 0 Å². The molecule has 208 valence electrons. The van der Waals surface area contributed by atoms with E-state index in [-0.39, 0.29) is 51.1 Å². The fraction of sp³-hybridized carbons (Fsp3) is 0.750. The van der Waals surface area contributed by atoms with Crippen LogP contribution in [-0.2, 0) is 14.4 Å². The second-order valence-corrected chi connectivity index (χ2v) is 14.9. The predicted molar refractivity (Wildman–Crippen MR) is 148 cm³/mol. The number of Topliss-reactive ketones (excluding diaryl/α,β-unsaturated/α-hetero) is 1. The van der Waals surface area contributed by atoms with E-state index in [1.807, 2.05) is 32.9 Å². The maximum absolute atomic E-state index is 13.6. The maximum atomic E-state index is 13.6. The fourth-order valence-corrected chi connectivity index (χ4v) is 8.97. The number of amides is 1. The lowest BCUT2D eigenvalue weighted by atomic mass is 9.38. The van der Waals surface area contributed by atoms with Crippen LogP contribution < -0.4 is 11.3 Å². The summed E-state index contributed by atoms with van der Waals surface area (Å²) in [6.45, 7) is 17.2. The van der Waals surface area contributed by atoms with Gasteiger partial charge >= 0.3 is 0 Å². The summed E-state index contributed by atoms with van der Waals surface area (Å²) < 4.78 is 0. The van der Waals surface area contributed by atoms with Gasteiger partial charge in [-0.2, -0.15) is 5.26 Å². The average Bonchev–Trinajstić information content (AvgIpc) is 2.87. The quantitative estimate of drug-likeness (QED) is 0.269. The van der Waals surface area contributed by atoms with Gasteiger partial charge in [0.15, 0.2) is 11.6 Å². The highest BCUT2D eigenvalue weighted by atomic mass is 16.2. The van der Waals surface area contributed by atoms with Gasteiger partial charge in [0.25, 0.3) is 0 Å². The first-order valence-corrected chi connectivity index (χ1v) is 14.4. The predicted octanol–water partition coefficient (Wildman–Crippen LogP) is 5.98. The van der Waals surface area contributed by atoms with Gasteiger partial charge in [-0.3, -0.25) is 19.8 Å². The first-order valence-electron chi connectivity index (χ1n) is 14.4. The number of hydrogen-bond acceptors (Lipinski definition) is 5. The number of nitrogens with one attached hydrogen (secondary N) is 1. The highest BCUT2D eigenvalue weighted by Gasteiger charge is 2.64. The zero-order chi connectivity index (χ0) is 28.5. The van der Waals surface area contributed by atoms with Gasteiger partial charge < -0.3 is 0 Å². The molecule has 0 aromatic carbocycles. The Labute approximate surface area is 228 Å². The summed E-state index contributed by atoms with van der Waals surface area (Å²) in [5, 5.41) is 9.84. The SMILES string of the molecule is C[C@H]1C(=O)C=C2[C@@]3(C)C=C(C#N)C(=O)C(C)(C)[C@@H]3CC[C@@]2(C)[C@]1(C)CCC1(C)CCC(C)(C(=O)NN)CC1. The van der Waals surface area contributed by atoms with Crippen LogP contribution in [0.3, 0.4) is 0 Å². The number of fused-ring (bicyclic) bond motifs is 3. The molecule has 0 saturated heterocycles. The standard InChI is InChI=1S/C32H47N3O3/c1-20-22(36)17-24-30(6)18-21(19-33)25(37)27(2,3)23(30)9-10-32(24,8)31(20,7)16-13-28(4)11-14-29(5,15-12-28)26(38)35-34/h17-18,20,23H,9-16,34H2,1-8H3,(H,35,38)/t20-,23-,28?,29?,30-,31+,32+/m0/s1. The Morgan fingerprint density at radius 3 is 2.18 bits per heavy atom. The smallest absolute Gasteiger partial charge is 0.239 e. The molecule has 1 amide bonds. The highest BCUT2D eigenvalue weighted by Crippen LogP contribution is 2.70. The Morgan fingerprint density at radius 1 is 1.03 bits per heavy atom. The average molecular weight is 522 g/mol. The Kier molecular flexibility index (Phi) is 6.72. The lowest BCUT2D eigenvalue weighted by Crippen LogP contribution is -2.59. The molecule has 6 nitrogen and oxygen atoms in total. The van der Waals surface area contributed by atoms with E-state index in [0.717, 1.165) is 56.9 Å². The topological polar surface area (TPSA) is 113 Å². The lowest BCUT2D eigenvalue weighted by Gasteiger charge is -2.64. The molecule has 6 heteroatoms. The van der Waals surface area contributed by atoms with Crippen LogP contribution in [0.1, 0.15) is 107 Å². The number of hydrogen-bond donors (Lipinski definition) is 2.